The lowest BCUT2D eigenvalue weighted by Crippen LogP contribution is -2.32. The van der Waals surface area contributed by atoms with E-state index < -0.39 is 5.91 Å². The number of fused-ring (bicyclic) bond motifs is 1. The van der Waals surface area contributed by atoms with E-state index >= 15 is 0 Å². The highest BCUT2D eigenvalue weighted by Gasteiger charge is 2.30. The molecule has 1 aromatic carbocycles. The zero-order valence-corrected chi connectivity index (χ0v) is 17.0. The Morgan fingerprint density at radius 3 is 2.50 bits per heavy atom. The van der Waals surface area contributed by atoms with Gasteiger partial charge < -0.3 is 9.32 Å². The molecule has 1 heterocycles. The van der Waals surface area contributed by atoms with Crippen LogP contribution in [0.1, 0.15) is 50.6 Å². The van der Waals surface area contributed by atoms with E-state index in [2.05, 4.69) is 10.5 Å². The summed E-state index contributed by atoms with van der Waals surface area (Å²) in [5.74, 6) is -0.202. The van der Waals surface area contributed by atoms with Gasteiger partial charge in [0.25, 0.3) is 11.8 Å². The fourth-order valence-electron chi connectivity index (χ4n) is 3.28. The van der Waals surface area contributed by atoms with Crippen molar-refractivity contribution in [3.05, 3.63) is 57.5 Å². The third-order valence-corrected chi connectivity index (χ3v) is 4.98. The number of nitrogens with zero attached hydrogens (tertiary/aromatic N) is 4. The highest BCUT2D eigenvalue weighted by atomic mass is 35.5. The quantitative estimate of drug-likeness (QED) is 0.584. The summed E-state index contributed by atoms with van der Waals surface area (Å²) in [6, 6.07) is 10.2. The molecule has 1 aliphatic rings. The van der Waals surface area contributed by atoms with Gasteiger partial charge in [-0.3, -0.25) is 9.59 Å². The summed E-state index contributed by atoms with van der Waals surface area (Å²) in [7, 11) is 0. The zero-order valence-electron chi connectivity index (χ0n) is 16.2. The molecule has 0 saturated heterocycles. The number of halogens is 1. The van der Waals surface area contributed by atoms with Crippen molar-refractivity contribution < 1.29 is 14.0 Å². The third kappa shape index (κ3) is 4.35. The van der Waals surface area contributed by atoms with Gasteiger partial charge in [0, 0.05) is 28.1 Å². The van der Waals surface area contributed by atoms with E-state index in [9.17, 15) is 9.59 Å². The molecule has 0 saturated carbocycles. The molecule has 0 unspecified atom stereocenters. The molecule has 0 spiro atoms. The first kappa shape index (κ1) is 21.1. The van der Waals surface area contributed by atoms with Crippen molar-refractivity contribution in [3.8, 4) is 12.1 Å². The van der Waals surface area contributed by atoms with E-state index in [0.717, 1.165) is 11.3 Å². The molecule has 2 amide bonds. The topological polar surface area (TPSA) is 122 Å². The maximum absolute atomic E-state index is 12.8. The Hall–Kier alpha value is -3.62. The molecule has 152 valence electrons. The van der Waals surface area contributed by atoms with E-state index in [1.165, 1.54) is 0 Å². The van der Waals surface area contributed by atoms with Gasteiger partial charge in [0.1, 0.15) is 18.8 Å². The zero-order chi connectivity index (χ0) is 21.7. The Morgan fingerprint density at radius 1 is 1.20 bits per heavy atom. The Kier molecular flexibility index (Phi) is 6.51. The van der Waals surface area contributed by atoms with Crippen molar-refractivity contribution in [2.45, 2.75) is 26.2 Å². The molecule has 0 atom stereocenters. The highest BCUT2D eigenvalue weighted by Crippen LogP contribution is 2.30. The Balaban J connectivity index is 1.87. The second kappa shape index (κ2) is 9.25. The first-order chi connectivity index (χ1) is 14.5. The Morgan fingerprint density at radius 2 is 1.87 bits per heavy atom. The molecule has 1 aromatic heterocycles. The van der Waals surface area contributed by atoms with Crippen molar-refractivity contribution in [3.63, 3.8) is 0 Å². The molecule has 8 nitrogen and oxygen atoms in total. The van der Waals surface area contributed by atoms with E-state index in [1.54, 1.807) is 31.2 Å². The normalized spacial score (nSPS) is 13.8. The lowest BCUT2D eigenvalue weighted by molar-refractivity contribution is 0.0760. The second-order valence-electron chi connectivity index (χ2n) is 6.69. The van der Waals surface area contributed by atoms with Crippen LogP contribution in [0.2, 0.25) is 5.02 Å². The average molecular weight is 424 g/mol. The van der Waals surface area contributed by atoms with Gasteiger partial charge in [-0.25, -0.2) is 5.43 Å². The minimum Gasteiger partial charge on any atom is -0.455 e. The summed E-state index contributed by atoms with van der Waals surface area (Å²) >= 11 is 5.84. The molecule has 0 radical (unpaired) electrons. The van der Waals surface area contributed by atoms with Crippen LogP contribution < -0.4 is 5.43 Å². The highest BCUT2D eigenvalue weighted by molar-refractivity contribution is 6.30. The number of rotatable bonds is 5. The SMILES string of the molecule is Cc1c(C(=O)N(CC#N)CC#N)oc2c1/C(=N/NC(=O)c1ccc(Cl)cc1)CCC2. The van der Waals surface area contributed by atoms with Crippen LogP contribution in [0, 0.1) is 29.6 Å². The molecule has 0 fully saturated rings. The van der Waals surface area contributed by atoms with Crippen LogP contribution in [0.25, 0.3) is 0 Å². The summed E-state index contributed by atoms with van der Waals surface area (Å²) in [5.41, 5.74) is 4.85. The first-order valence-electron chi connectivity index (χ1n) is 9.24. The predicted molar refractivity (Wildman–Crippen MR) is 109 cm³/mol. The lowest BCUT2D eigenvalue weighted by Gasteiger charge is -2.14. The molecule has 9 heteroatoms. The fraction of sp³-hybridized carbons (Fsp3) is 0.286. The average Bonchev–Trinajstić information content (AvgIpc) is 3.09. The lowest BCUT2D eigenvalue weighted by atomic mass is 9.93. The van der Waals surface area contributed by atoms with Crippen LogP contribution in [0.5, 0.6) is 0 Å². The number of benzene rings is 1. The van der Waals surface area contributed by atoms with E-state index in [1.807, 2.05) is 12.1 Å². The third-order valence-electron chi connectivity index (χ3n) is 4.73. The molecule has 30 heavy (non-hydrogen) atoms. The molecule has 2 aromatic rings. The summed E-state index contributed by atoms with van der Waals surface area (Å²) in [6.45, 7) is 1.30. The smallest absolute Gasteiger partial charge is 0.291 e. The summed E-state index contributed by atoms with van der Waals surface area (Å²) in [4.78, 5) is 26.2. The van der Waals surface area contributed by atoms with E-state index in [-0.39, 0.29) is 24.8 Å². The maximum atomic E-state index is 12.8. The number of carbonyl (C=O) groups excluding carboxylic acids is 2. The van der Waals surface area contributed by atoms with Gasteiger partial charge in [0.05, 0.1) is 17.9 Å². The number of nitrogens with one attached hydrogen (secondary N) is 1. The van der Waals surface area contributed by atoms with Gasteiger partial charge in [-0.2, -0.15) is 15.6 Å². The number of hydrogen-bond donors (Lipinski definition) is 1. The number of amides is 2. The van der Waals surface area contributed by atoms with Crippen LogP contribution in [0.4, 0.5) is 0 Å². The van der Waals surface area contributed by atoms with Crippen molar-refractivity contribution in [1.82, 2.24) is 10.3 Å². The van der Waals surface area contributed by atoms with Gasteiger partial charge >= 0.3 is 0 Å². The molecular weight excluding hydrogens is 406 g/mol. The summed E-state index contributed by atoms with van der Waals surface area (Å²) in [6.07, 6.45) is 2.00. The van der Waals surface area contributed by atoms with E-state index in [4.69, 9.17) is 26.5 Å². The first-order valence-corrected chi connectivity index (χ1v) is 9.62. The van der Waals surface area contributed by atoms with Crippen LogP contribution >= 0.6 is 11.6 Å². The van der Waals surface area contributed by atoms with Crippen LogP contribution in [-0.2, 0) is 6.42 Å². The van der Waals surface area contributed by atoms with Crippen LogP contribution in [0.15, 0.2) is 33.8 Å². The standard InChI is InChI=1S/C21H18ClN5O3/c1-13-18-16(25-26-20(28)14-5-7-15(22)8-6-14)3-2-4-17(18)30-19(13)21(29)27(11-9-23)12-10-24/h5-8H,2-4,11-12H2,1H3,(H,26,28)/b25-16+. The van der Waals surface area contributed by atoms with Gasteiger partial charge in [-0.05, 0) is 44.0 Å². The number of aryl methyl sites for hydroxylation is 1. The van der Waals surface area contributed by atoms with Gasteiger partial charge in [-0.1, -0.05) is 11.6 Å². The van der Waals surface area contributed by atoms with E-state index in [0.29, 0.717) is 46.0 Å². The number of hydrazone groups is 1. The predicted octanol–water partition coefficient (Wildman–Crippen LogP) is 3.20. The van der Waals surface area contributed by atoms with Gasteiger partial charge in [0.2, 0.25) is 0 Å². The van der Waals surface area contributed by atoms with Crippen molar-refractivity contribution in [1.29, 1.82) is 10.5 Å². The Labute approximate surface area is 178 Å². The monoisotopic (exact) mass is 423 g/mol. The number of hydrogen-bond acceptors (Lipinski definition) is 6. The molecule has 0 aliphatic heterocycles. The van der Waals surface area contributed by atoms with Gasteiger partial charge in [-0.15, -0.1) is 0 Å². The van der Waals surface area contributed by atoms with Gasteiger partial charge in [0.15, 0.2) is 5.76 Å². The largest absolute Gasteiger partial charge is 0.455 e. The summed E-state index contributed by atoms with van der Waals surface area (Å²) in [5, 5.41) is 22.6. The number of furan rings is 1. The van der Waals surface area contributed by atoms with Crippen molar-refractivity contribution in [2.75, 3.05) is 13.1 Å². The fourth-order valence-corrected chi connectivity index (χ4v) is 3.41. The number of carbonyl (C=O) groups is 2. The second-order valence-corrected chi connectivity index (χ2v) is 7.13. The molecule has 3 rings (SSSR count). The maximum Gasteiger partial charge on any atom is 0.291 e. The molecular formula is C21H18ClN5O3. The van der Waals surface area contributed by atoms with Crippen LogP contribution in [-0.4, -0.2) is 35.5 Å². The number of nitriles is 2. The van der Waals surface area contributed by atoms with Crippen molar-refractivity contribution >= 4 is 29.1 Å². The Bertz CT molecular complexity index is 1070. The molecule has 0 bridgehead atoms. The summed E-state index contributed by atoms with van der Waals surface area (Å²) < 4.78 is 5.79. The minimum atomic E-state index is -0.519. The van der Waals surface area contributed by atoms with Crippen LogP contribution in [0.3, 0.4) is 0 Å². The minimum absolute atomic E-state index is 0.0872. The molecule has 1 N–H and O–H groups in total. The molecule has 1 aliphatic carbocycles. The van der Waals surface area contributed by atoms with Crippen molar-refractivity contribution in [2.24, 2.45) is 5.10 Å².